The molecule has 150 valence electrons. The Bertz CT molecular complexity index is 1070. The Morgan fingerprint density at radius 3 is 2.69 bits per heavy atom. The number of carboxylic acids is 2. The quantitative estimate of drug-likeness (QED) is 0.582. The zero-order valence-corrected chi connectivity index (χ0v) is 16.2. The van der Waals surface area contributed by atoms with Crippen LogP contribution in [-0.4, -0.2) is 46.8 Å². The van der Waals surface area contributed by atoms with Crippen LogP contribution in [0.4, 0.5) is 0 Å². The molecule has 0 aliphatic carbocycles. The maximum atomic E-state index is 11.9. The van der Waals surface area contributed by atoms with Gasteiger partial charge in [-0.2, -0.15) is 0 Å². The molecule has 2 N–H and O–H groups in total. The molecule has 2 heterocycles. The SMILES string of the molecule is C[N@+]1(/C(=C\C(=O)O)C(=O)[O-])C[C@@H]2c3ccccc3Oc3ccc(Cl)cc3[C@]2(O)C1. The van der Waals surface area contributed by atoms with Gasteiger partial charge in [-0.15, -0.1) is 0 Å². The number of fused-ring (bicyclic) bond motifs is 5. The number of aliphatic hydroxyl groups is 1. The van der Waals surface area contributed by atoms with Crippen LogP contribution in [0.15, 0.2) is 54.2 Å². The van der Waals surface area contributed by atoms with Gasteiger partial charge in [0.05, 0.1) is 25.6 Å². The molecule has 4 rings (SSSR count). The molecular weight excluding hydrogens is 398 g/mol. The molecule has 0 unspecified atom stereocenters. The zero-order chi connectivity index (χ0) is 21.0. The fourth-order valence-corrected chi connectivity index (χ4v) is 4.71. The molecule has 0 spiro atoms. The summed E-state index contributed by atoms with van der Waals surface area (Å²) < 4.78 is 5.71. The Labute approximate surface area is 171 Å². The molecule has 0 radical (unpaired) electrons. The number of likely N-dealkylation sites (N-methyl/N-ethyl adjacent to an activating group) is 1. The highest BCUT2D eigenvalue weighted by molar-refractivity contribution is 6.30. The van der Waals surface area contributed by atoms with E-state index in [1.165, 1.54) is 0 Å². The summed E-state index contributed by atoms with van der Waals surface area (Å²) >= 11 is 6.18. The number of likely N-dealkylation sites (tertiary alicyclic amines) is 1. The standard InChI is InChI=1S/C21H18ClNO6/c1-23(16(20(26)27)9-19(24)25)10-15-13-4-2-3-5-17(13)29-18-7-6-12(22)8-14(18)21(15,28)11-23/h2-9,15,28H,10-11H2,1H3,(H-,24,25,26,27)/b16-9-/t15-,21-,23+/m1/s1. The van der Waals surface area contributed by atoms with E-state index in [1.54, 1.807) is 43.4 Å². The van der Waals surface area contributed by atoms with Gasteiger partial charge in [0, 0.05) is 16.1 Å². The van der Waals surface area contributed by atoms with Crippen LogP contribution in [0.1, 0.15) is 17.0 Å². The van der Waals surface area contributed by atoms with Gasteiger partial charge in [-0.05, 0) is 24.3 Å². The zero-order valence-electron chi connectivity index (χ0n) is 15.5. The number of para-hydroxylation sites is 1. The first kappa shape index (κ1) is 19.4. The number of carbonyl (C=O) groups excluding carboxylic acids is 1. The predicted molar refractivity (Wildman–Crippen MR) is 101 cm³/mol. The third-order valence-electron chi connectivity index (χ3n) is 5.73. The molecule has 0 aromatic heterocycles. The second kappa shape index (κ2) is 6.59. The van der Waals surface area contributed by atoms with Crippen molar-refractivity contribution in [1.29, 1.82) is 0 Å². The van der Waals surface area contributed by atoms with E-state index in [1.807, 2.05) is 6.07 Å². The second-order valence-corrected chi connectivity index (χ2v) is 8.09. The first-order chi connectivity index (χ1) is 13.6. The van der Waals surface area contributed by atoms with Crippen molar-refractivity contribution < 1.29 is 34.1 Å². The number of hydrogen-bond acceptors (Lipinski definition) is 5. The molecule has 2 aromatic rings. The number of halogens is 1. The van der Waals surface area contributed by atoms with Crippen molar-refractivity contribution >= 4 is 23.5 Å². The van der Waals surface area contributed by atoms with Crippen molar-refractivity contribution in [2.75, 3.05) is 20.1 Å². The molecule has 1 saturated heterocycles. The van der Waals surface area contributed by atoms with Crippen molar-refractivity contribution in [3.8, 4) is 11.5 Å². The van der Waals surface area contributed by atoms with Gasteiger partial charge < -0.3 is 24.9 Å². The average Bonchev–Trinajstić information content (AvgIpc) is 2.89. The normalized spacial score (nSPS) is 27.8. The van der Waals surface area contributed by atoms with E-state index in [0.29, 0.717) is 33.7 Å². The Hall–Kier alpha value is -2.87. The first-order valence-electron chi connectivity index (χ1n) is 8.94. The summed E-state index contributed by atoms with van der Waals surface area (Å²) in [4.78, 5) is 23.0. The van der Waals surface area contributed by atoms with Crippen LogP contribution in [0.3, 0.4) is 0 Å². The van der Waals surface area contributed by atoms with Gasteiger partial charge in [0.1, 0.15) is 24.0 Å². The van der Waals surface area contributed by atoms with E-state index in [0.717, 1.165) is 0 Å². The average molecular weight is 416 g/mol. The van der Waals surface area contributed by atoms with Gasteiger partial charge in [0.25, 0.3) is 0 Å². The highest BCUT2D eigenvalue weighted by atomic mass is 35.5. The number of carbonyl (C=O) groups is 2. The number of rotatable bonds is 3. The summed E-state index contributed by atoms with van der Waals surface area (Å²) in [6, 6.07) is 12.1. The minimum Gasteiger partial charge on any atom is -0.540 e. The maximum Gasteiger partial charge on any atom is 0.334 e. The molecule has 0 saturated carbocycles. The minimum atomic E-state index is -1.59. The highest BCUT2D eigenvalue weighted by Gasteiger charge is 2.59. The molecule has 2 aromatic carbocycles. The smallest absolute Gasteiger partial charge is 0.334 e. The van der Waals surface area contributed by atoms with Crippen LogP contribution >= 0.6 is 11.6 Å². The number of hydrogen-bond donors (Lipinski definition) is 2. The highest BCUT2D eigenvalue weighted by Crippen LogP contribution is 2.54. The van der Waals surface area contributed by atoms with E-state index >= 15 is 0 Å². The number of nitrogens with zero attached hydrogens (tertiary/aromatic N) is 1. The third-order valence-corrected chi connectivity index (χ3v) is 5.96. The summed E-state index contributed by atoms with van der Waals surface area (Å²) in [5.41, 5.74) is -0.812. The lowest BCUT2D eigenvalue weighted by molar-refractivity contribution is -0.861. The number of quaternary nitrogens is 1. The van der Waals surface area contributed by atoms with Crippen LogP contribution < -0.4 is 9.84 Å². The molecule has 8 heteroatoms. The summed E-state index contributed by atoms with van der Waals surface area (Å²) in [7, 11) is 1.57. The van der Waals surface area contributed by atoms with Crippen LogP contribution in [0.2, 0.25) is 5.02 Å². The van der Waals surface area contributed by atoms with Crippen LogP contribution in [0.25, 0.3) is 0 Å². The van der Waals surface area contributed by atoms with Gasteiger partial charge in [-0.1, -0.05) is 29.8 Å². The Kier molecular flexibility index (Phi) is 4.42. The molecule has 2 aliphatic heterocycles. The molecule has 2 aliphatic rings. The lowest BCUT2D eigenvalue weighted by Crippen LogP contribution is -2.49. The van der Waals surface area contributed by atoms with Gasteiger partial charge >= 0.3 is 5.97 Å². The van der Waals surface area contributed by atoms with Crippen molar-refractivity contribution in [3.05, 3.63) is 70.4 Å². The Morgan fingerprint density at radius 2 is 2.00 bits per heavy atom. The maximum absolute atomic E-state index is 11.9. The largest absolute Gasteiger partial charge is 0.540 e. The van der Waals surface area contributed by atoms with Gasteiger partial charge in [0.15, 0.2) is 11.3 Å². The Morgan fingerprint density at radius 1 is 1.28 bits per heavy atom. The van der Waals surface area contributed by atoms with Crippen molar-refractivity contribution in [2.24, 2.45) is 0 Å². The molecule has 7 nitrogen and oxygen atoms in total. The number of carboxylic acid groups (broad SMARTS) is 2. The summed E-state index contributed by atoms with van der Waals surface area (Å²) in [6.45, 7) is 0.0473. The fourth-order valence-electron chi connectivity index (χ4n) is 4.53. The third kappa shape index (κ3) is 3.07. The molecule has 0 amide bonds. The molecule has 0 bridgehead atoms. The van der Waals surface area contributed by atoms with Gasteiger partial charge in [0.2, 0.25) is 0 Å². The monoisotopic (exact) mass is 415 g/mol. The molecule has 29 heavy (non-hydrogen) atoms. The van der Waals surface area contributed by atoms with Crippen LogP contribution in [0, 0.1) is 0 Å². The number of aliphatic carboxylic acids is 2. The van der Waals surface area contributed by atoms with E-state index in [9.17, 15) is 19.8 Å². The van der Waals surface area contributed by atoms with Crippen molar-refractivity contribution in [1.82, 2.24) is 0 Å². The van der Waals surface area contributed by atoms with Crippen LogP contribution in [0.5, 0.6) is 11.5 Å². The summed E-state index contributed by atoms with van der Waals surface area (Å²) in [6.07, 6.45) is 0.630. The number of benzene rings is 2. The predicted octanol–water partition coefficient (Wildman–Crippen LogP) is 1.60. The summed E-state index contributed by atoms with van der Waals surface area (Å²) in [5.74, 6) is -2.58. The van der Waals surface area contributed by atoms with Gasteiger partial charge in [-0.3, -0.25) is 4.48 Å². The van der Waals surface area contributed by atoms with Crippen LogP contribution in [-0.2, 0) is 15.2 Å². The van der Waals surface area contributed by atoms with Gasteiger partial charge in [-0.25, -0.2) is 4.79 Å². The first-order valence-corrected chi connectivity index (χ1v) is 9.32. The van der Waals surface area contributed by atoms with Crippen molar-refractivity contribution in [2.45, 2.75) is 11.5 Å². The lowest BCUT2D eigenvalue weighted by atomic mass is 9.80. The summed E-state index contributed by atoms with van der Waals surface area (Å²) in [5, 5.41) is 33.2. The van der Waals surface area contributed by atoms with Crippen molar-refractivity contribution in [3.63, 3.8) is 0 Å². The lowest BCUT2D eigenvalue weighted by Gasteiger charge is -2.33. The number of ether oxygens (including phenoxy) is 1. The van der Waals surface area contributed by atoms with E-state index in [2.05, 4.69) is 0 Å². The van der Waals surface area contributed by atoms with E-state index in [4.69, 9.17) is 21.4 Å². The fraction of sp³-hybridized carbons (Fsp3) is 0.238. The second-order valence-electron chi connectivity index (χ2n) is 7.65. The Balaban J connectivity index is 1.95. The minimum absolute atomic E-state index is 0.0875. The molecule has 1 fully saturated rings. The molecular formula is C21H18ClNO6. The van der Waals surface area contributed by atoms with E-state index in [-0.39, 0.29) is 17.6 Å². The van der Waals surface area contributed by atoms with E-state index < -0.39 is 29.2 Å². The topological polar surface area (TPSA) is 107 Å². The molecule has 3 atom stereocenters.